The first-order chi connectivity index (χ1) is 7.25. The van der Waals surface area contributed by atoms with E-state index in [0.29, 0.717) is 6.04 Å². The second-order valence-electron chi connectivity index (χ2n) is 4.22. The monoisotopic (exact) mass is 268 g/mol. The highest BCUT2D eigenvalue weighted by molar-refractivity contribution is 9.10. The number of hydrogen-bond acceptors (Lipinski definition) is 2. The summed E-state index contributed by atoms with van der Waals surface area (Å²) < 4.78 is 1.20. The van der Waals surface area contributed by atoms with E-state index in [1.807, 2.05) is 0 Å². The Balaban J connectivity index is 1.86. The molecule has 0 spiro atoms. The van der Waals surface area contributed by atoms with Gasteiger partial charge in [0.25, 0.3) is 0 Å². The lowest BCUT2D eigenvalue weighted by atomic mass is 10.2. The van der Waals surface area contributed by atoms with Gasteiger partial charge in [-0.05, 0) is 31.6 Å². The summed E-state index contributed by atoms with van der Waals surface area (Å²) in [5.74, 6) is 0. The molecule has 1 aromatic carbocycles. The molecule has 0 amide bonds. The van der Waals surface area contributed by atoms with E-state index in [-0.39, 0.29) is 0 Å². The van der Waals surface area contributed by atoms with Gasteiger partial charge in [-0.15, -0.1) is 0 Å². The van der Waals surface area contributed by atoms with E-state index in [9.17, 15) is 0 Å². The van der Waals surface area contributed by atoms with Gasteiger partial charge in [0.05, 0.1) is 0 Å². The molecule has 15 heavy (non-hydrogen) atoms. The molecule has 1 atom stereocenters. The molecule has 1 aliphatic heterocycles. The van der Waals surface area contributed by atoms with Crippen LogP contribution >= 0.6 is 15.9 Å². The molecular formula is C12H17BrN2. The Labute approximate surface area is 99.8 Å². The van der Waals surface area contributed by atoms with Crippen LogP contribution in [0, 0.1) is 0 Å². The average molecular weight is 269 g/mol. The molecule has 0 aromatic heterocycles. The van der Waals surface area contributed by atoms with Crippen molar-refractivity contribution in [1.29, 1.82) is 0 Å². The molecule has 1 aliphatic rings. The first-order valence-corrected chi connectivity index (χ1v) is 6.20. The predicted octanol–water partition coefficient (Wildman–Crippen LogP) is 2.24. The fourth-order valence-electron chi connectivity index (χ4n) is 2.00. The smallest absolute Gasteiger partial charge is 0.0220 e. The van der Waals surface area contributed by atoms with E-state index < -0.39 is 0 Å². The molecule has 1 aromatic rings. The summed E-state index contributed by atoms with van der Waals surface area (Å²) in [6, 6.07) is 9.05. The lowest BCUT2D eigenvalue weighted by Crippen LogP contribution is -2.31. The van der Waals surface area contributed by atoms with E-state index in [2.05, 4.69) is 57.5 Å². The van der Waals surface area contributed by atoms with Gasteiger partial charge >= 0.3 is 0 Å². The zero-order valence-electron chi connectivity index (χ0n) is 9.04. The van der Waals surface area contributed by atoms with Crippen LogP contribution in [0.1, 0.15) is 12.0 Å². The molecule has 0 saturated carbocycles. The molecule has 0 radical (unpaired) electrons. The van der Waals surface area contributed by atoms with Crippen molar-refractivity contribution < 1.29 is 0 Å². The SMILES string of the molecule is CN1CCC(NCc2ccccc2Br)C1. The van der Waals surface area contributed by atoms with Crippen LogP contribution in [0.15, 0.2) is 28.7 Å². The number of likely N-dealkylation sites (N-methyl/N-ethyl adjacent to an activating group) is 1. The highest BCUT2D eigenvalue weighted by Gasteiger charge is 2.18. The van der Waals surface area contributed by atoms with E-state index in [1.54, 1.807) is 0 Å². The standard InChI is InChI=1S/C12H17BrN2/c1-15-7-6-11(9-15)14-8-10-4-2-3-5-12(10)13/h2-5,11,14H,6-9H2,1H3. The largest absolute Gasteiger partial charge is 0.309 e. The fraction of sp³-hybridized carbons (Fsp3) is 0.500. The summed E-state index contributed by atoms with van der Waals surface area (Å²) in [5, 5.41) is 3.60. The number of nitrogens with zero attached hydrogens (tertiary/aromatic N) is 1. The molecule has 0 bridgehead atoms. The van der Waals surface area contributed by atoms with E-state index in [4.69, 9.17) is 0 Å². The Morgan fingerprint density at radius 3 is 2.93 bits per heavy atom. The Kier molecular flexibility index (Phi) is 3.78. The van der Waals surface area contributed by atoms with E-state index in [1.165, 1.54) is 29.5 Å². The summed E-state index contributed by atoms with van der Waals surface area (Å²) in [7, 11) is 2.18. The number of benzene rings is 1. The molecule has 0 aliphatic carbocycles. The Morgan fingerprint density at radius 1 is 1.47 bits per heavy atom. The maximum atomic E-state index is 3.60. The third kappa shape index (κ3) is 3.03. The molecule has 82 valence electrons. The van der Waals surface area contributed by atoms with Crippen molar-refractivity contribution in [2.24, 2.45) is 0 Å². The summed E-state index contributed by atoms with van der Waals surface area (Å²) >= 11 is 3.57. The van der Waals surface area contributed by atoms with Crippen molar-refractivity contribution in [3.63, 3.8) is 0 Å². The zero-order chi connectivity index (χ0) is 10.7. The number of nitrogens with one attached hydrogen (secondary N) is 1. The minimum absolute atomic E-state index is 0.655. The second kappa shape index (κ2) is 5.10. The maximum Gasteiger partial charge on any atom is 0.0220 e. The van der Waals surface area contributed by atoms with Gasteiger partial charge in [0.15, 0.2) is 0 Å². The Morgan fingerprint density at radius 2 is 2.27 bits per heavy atom. The van der Waals surface area contributed by atoms with Crippen LogP contribution in [0.25, 0.3) is 0 Å². The van der Waals surface area contributed by atoms with Crippen molar-refractivity contribution in [1.82, 2.24) is 10.2 Å². The maximum absolute atomic E-state index is 3.60. The Hall–Kier alpha value is -0.380. The van der Waals surface area contributed by atoms with Gasteiger partial charge in [0.2, 0.25) is 0 Å². The lowest BCUT2D eigenvalue weighted by Gasteiger charge is -2.13. The second-order valence-corrected chi connectivity index (χ2v) is 5.07. The third-order valence-corrected chi connectivity index (χ3v) is 3.70. The van der Waals surface area contributed by atoms with Crippen molar-refractivity contribution in [2.75, 3.05) is 20.1 Å². The quantitative estimate of drug-likeness (QED) is 0.905. The number of halogens is 1. The lowest BCUT2D eigenvalue weighted by molar-refractivity contribution is 0.397. The molecule has 1 fully saturated rings. The molecule has 1 unspecified atom stereocenters. The van der Waals surface area contributed by atoms with Crippen LogP contribution < -0.4 is 5.32 Å². The summed E-state index contributed by atoms with van der Waals surface area (Å²) in [6.07, 6.45) is 1.26. The van der Waals surface area contributed by atoms with Crippen LogP contribution in [0.4, 0.5) is 0 Å². The summed E-state index contributed by atoms with van der Waals surface area (Å²) in [4.78, 5) is 2.37. The molecule has 2 nitrogen and oxygen atoms in total. The van der Waals surface area contributed by atoms with Gasteiger partial charge in [-0.1, -0.05) is 34.1 Å². The van der Waals surface area contributed by atoms with E-state index >= 15 is 0 Å². The Bertz CT molecular complexity index is 327. The van der Waals surface area contributed by atoms with Crippen molar-refractivity contribution in [2.45, 2.75) is 19.0 Å². The van der Waals surface area contributed by atoms with Crippen molar-refractivity contribution in [3.8, 4) is 0 Å². The highest BCUT2D eigenvalue weighted by Crippen LogP contribution is 2.16. The fourth-order valence-corrected chi connectivity index (χ4v) is 2.42. The highest BCUT2D eigenvalue weighted by atomic mass is 79.9. The summed E-state index contributed by atoms with van der Waals surface area (Å²) in [5.41, 5.74) is 1.34. The molecule has 3 heteroatoms. The van der Waals surface area contributed by atoms with E-state index in [0.717, 1.165) is 6.54 Å². The predicted molar refractivity (Wildman–Crippen MR) is 66.9 cm³/mol. The van der Waals surface area contributed by atoms with Crippen LogP contribution in [-0.2, 0) is 6.54 Å². The van der Waals surface area contributed by atoms with Crippen LogP contribution in [-0.4, -0.2) is 31.1 Å². The van der Waals surface area contributed by atoms with Crippen LogP contribution in [0.2, 0.25) is 0 Å². The van der Waals surface area contributed by atoms with Gasteiger partial charge in [-0.3, -0.25) is 0 Å². The van der Waals surface area contributed by atoms with Gasteiger partial charge < -0.3 is 10.2 Å². The number of hydrogen-bond donors (Lipinski definition) is 1. The van der Waals surface area contributed by atoms with Gasteiger partial charge in [-0.2, -0.15) is 0 Å². The van der Waals surface area contributed by atoms with Crippen molar-refractivity contribution >= 4 is 15.9 Å². The third-order valence-electron chi connectivity index (χ3n) is 2.93. The zero-order valence-corrected chi connectivity index (χ0v) is 10.6. The van der Waals surface area contributed by atoms with Crippen LogP contribution in [0.5, 0.6) is 0 Å². The molecular weight excluding hydrogens is 252 g/mol. The molecule has 1 saturated heterocycles. The number of rotatable bonds is 3. The molecule has 1 N–H and O–H groups in total. The van der Waals surface area contributed by atoms with Crippen molar-refractivity contribution in [3.05, 3.63) is 34.3 Å². The average Bonchev–Trinajstić information content (AvgIpc) is 2.63. The molecule has 2 rings (SSSR count). The van der Waals surface area contributed by atoms with Gasteiger partial charge in [0.1, 0.15) is 0 Å². The summed E-state index contributed by atoms with van der Waals surface area (Å²) in [6.45, 7) is 3.35. The topological polar surface area (TPSA) is 15.3 Å². The van der Waals surface area contributed by atoms with Gasteiger partial charge in [-0.25, -0.2) is 0 Å². The van der Waals surface area contributed by atoms with Gasteiger partial charge in [0, 0.05) is 23.6 Å². The first-order valence-electron chi connectivity index (χ1n) is 5.41. The molecule has 1 heterocycles. The minimum atomic E-state index is 0.655. The first kappa shape index (κ1) is 11.1. The van der Waals surface area contributed by atoms with Crippen LogP contribution in [0.3, 0.4) is 0 Å². The number of likely N-dealkylation sites (tertiary alicyclic amines) is 1. The normalized spacial score (nSPS) is 22.1. The minimum Gasteiger partial charge on any atom is -0.309 e.